The Labute approximate surface area is 163 Å². The molecule has 0 bridgehead atoms. The van der Waals surface area contributed by atoms with Gasteiger partial charge in [0.15, 0.2) is 0 Å². The van der Waals surface area contributed by atoms with Gasteiger partial charge in [0, 0.05) is 10.9 Å². The SMILES string of the molecule is COC(=O)c1ccc(CS(=O)(=O)c2oc3ccc(C(C)C)cc3c2C)cc1O. The van der Waals surface area contributed by atoms with Crippen LogP contribution in [0.15, 0.2) is 45.9 Å². The van der Waals surface area contributed by atoms with Crippen LogP contribution in [-0.4, -0.2) is 26.6 Å². The predicted molar refractivity (Wildman–Crippen MR) is 105 cm³/mol. The molecule has 1 aromatic heterocycles. The zero-order chi connectivity index (χ0) is 20.6. The van der Waals surface area contributed by atoms with Crippen LogP contribution in [0.5, 0.6) is 5.75 Å². The molecule has 0 saturated carbocycles. The number of ether oxygens (including phenoxy) is 1. The molecule has 0 amide bonds. The van der Waals surface area contributed by atoms with Crippen molar-refractivity contribution in [3.8, 4) is 5.75 Å². The highest BCUT2D eigenvalue weighted by Crippen LogP contribution is 2.33. The first kappa shape index (κ1) is 19.9. The van der Waals surface area contributed by atoms with E-state index in [4.69, 9.17) is 4.42 Å². The summed E-state index contributed by atoms with van der Waals surface area (Å²) < 4.78 is 36.1. The molecule has 0 saturated heterocycles. The largest absolute Gasteiger partial charge is 0.507 e. The van der Waals surface area contributed by atoms with Crippen molar-refractivity contribution in [2.75, 3.05) is 7.11 Å². The molecular weight excluding hydrogens is 380 g/mol. The molecule has 6 nitrogen and oxygen atoms in total. The lowest BCUT2D eigenvalue weighted by Crippen LogP contribution is -2.06. The predicted octanol–water partition coefficient (Wildman–Crippen LogP) is 4.33. The molecule has 3 rings (SSSR count). The number of aryl methyl sites for hydroxylation is 1. The van der Waals surface area contributed by atoms with E-state index in [1.54, 1.807) is 13.0 Å². The van der Waals surface area contributed by atoms with Crippen LogP contribution in [0.4, 0.5) is 0 Å². The van der Waals surface area contributed by atoms with E-state index in [1.165, 1.54) is 25.3 Å². The van der Waals surface area contributed by atoms with Gasteiger partial charge in [-0.15, -0.1) is 0 Å². The summed E-state index contributed by atoms with van der Waals surface area (Å²) in [6.45, 7) is 5.86. The zero-order valence-electron chi connectivity index (χ0n) is 16.1. The maximum atomic E-state index is 12.9. The highest BCUT2D eigenvalue weighted by Gasteiger charge is 2.25. The van der Waals surface area contributed by atoms with E-state index in [2.05, 4.69) is 18.6 Å². The van der Waals surface area contributed by atoms with Crippen LogP contribution in [0.2, 0.25) is 0 Å². The van der Waals surface area contributed by atoms with Crippen LogP contribution >= 0.6 is 0 Å². The van der Waals surface area contributed by atoms with E-state index in [-0.39, 0.29) is 22.2 Å². The number of carbonyl (C=O) groups excluding carboxylic acids is 1. The first-order chi connectivity index (χ1) is 13.1. The van der Waals surface area contributed by atoms with Crippen LogP contribution in [0.3, 0.4) is 0 Å². The number of aromatic hydroxyl groups is 1. The normalized spacial score (nSPS) is 11.9. The van der Waals surface area contributed by atoms with Gasteiger partial charge in [-0.05, 0) is 48.2 Å². The number of esters is 1. The summed E-state index contributed by atoms with van der Waals surface area (Å²) in [5, 5.41) is 10.7. The third-order valence-electron chi connectivity index (χ3n) is 4.69. The average Bonchev–Trinajstić information content (AvgIpc) is 2.98. The summed E-state index contributed by atoms with van der Waals surface area (Å²) in [7, 11) is -2.58. The van der Waals surface area contributed by atoms with Gasteiger partial charge in [-0.3, -0.25) is 0 Å². The van der Waals surface area contributed by atoms with Crippen molar-refractivity contribution in [3.63, 3.8) is 0 Å². The third kappa shape index (κ3) is 3.62. The molecule has 1 N–H and O–H groups in total. The van der Waals surface area contributed by atoms with Gasteiger partial charge in [-0.25, -0.2) is 13.2 Å². The number of benzene rings is 2. The number of rotatable bonds is 5. The first-order valence-corrected chi connectivity index (χ1v) is 10.4. The molecule has 0 spiro atoms. The van der Waals surface area contributed by atoms with Crippen LogP contribution in [0.1, 0.15) is 46.8 Å². The Bertz CT molecular complexity index is 1160. The number of hydrogen-bond donors (Lipinski definition) is 1. The van der Waals surface area contributed by atoms with Gasteiger partial charge >= 0.3 is 5.97 Å². The van der Waals surface area contributed by atoms with Crippen molar-refractivity contribution < 1.29 is 27.5 Å². The topological polar surface area (TPSA) is 93.8 Å². The summed E-state index contributed by atoms with van der Waals surface area (Å²) in [6, 6.07) is 9.72. The number of fused-ring (bicyclic) bond motifs is 1. The first-order valence-electron chi connectivity index (χ1n) is 8.80. The zero-order valence-corrected chi connectivity index (χ0v) is 17.0. The highest BCUT2D eigenvalue weighted by molar-refractivity contribution is 7.90. The quantitative estimate of drug-likeness (QED) is 0.639. The van der Waals surface area contributed by atoms with E-state index in [1.807, 2.05) is 12.1 Å². The smallest absolute Gasteiger partial charge is 0.341 e. The molecule has 0 aliphatic heterocycles. The highest BCUT2D eigenvalue weighted by atomic mass is 32.2. The monoisotopic (exact) mass is 402 g/mol. The fourth-order valence-electron chi connectivity index (χ4n) is 3.11. The number of carbonyl (C=O) groups is 1. The number of methoxy groups -OCH3 is 1. The van der Waals surface area contributed by atoms with Crippen LogP contribution in [0.25, 0.3) is 11.0 Å². The van der Waals surface area contributed by atoms with Gasteiger partial charge in [0.05, 0.1) is 12.9 Å². The van der Waals surface area contributed by atoms with E-state index in [0.29, 0.717) is 22.6 Å². The second-order valence-electron chi connectivity index (χ2n) is 7.03. The molecule has 2 aromatic carbocycles. The number of phenolic OH excluding ortho intramolecular Hbond substituents is 1. The summed E-state index contributed by atoms with van der Waals surface area (Å²) >= 11 is 0. The van der Waals surface area contributed by atoms with Crippen LogP contribution < -0.4 is 0 Å². The van der Waals surface area contributed by atoms with Crippen LogP contribution in [-0.2, 0) is 20.3 Å². The minimum Gasteiger partial charge on any atom is -0.507 e. The molecule has 0 fully saturated rings. The van der Waals surface area contributed by atoms with Crippen molar-refractivity contribution in [1.82, 2.24) is 0 Å². The van der Waals surface area contributed by atoms with Crippen molar-refractivity contribution in [1.29, 1.82) is 0 Å². The Balaban J connectivity index is 1.98. The molecule has 148 valence electrons. The number of phenols is 1. The van der Waals surface area contributed by atoms with E-state index < -0.39 is 15.8 Å². The maximum Gasteiger partial charge on any atom is 0.341 e. The van der Waals surface area contributed by atoms with Gasteiger partial charge in [0.2, 0.25) is 14.9 Å². The van der Waals surface area contributed by atoms with Gasteiger partial charge in [0.1, 0.15) is 16.9 Å². The van der Waals surface area contributed by atoms with E-state index >= 15 is 0 Å². The number of sulfone groups is 1. The van der Waals surface area contributed by atoms with Crippen LogP contribution in [0, 0.1) is 6.92 Å². The lowest BCUT2D eigenvalue weighted by atomic mass is 10.0. The minimum absolute atomic E-state index is 0.0234. The Morgan fingerprint density at radius 3 is 2.50 bits per heavy atom. The lowest BCUT2D eigenvalue weighted by molar-refractivity contribution is 0.0597. The Hall–Kier alpha value is -2.80. The van der Waals surface area contributed by atoms with Gasteiger partial charge < -0.3 is 14.3 Å². The maximum absolute atomic E-state index is 12.9. The second kappa shape index (κ2) is 7.31. The van der Waals surface area contributed by atoms with Crippen molar-refractivity contribution in [3.05, 3.63) is 58.7 Å². The molecule has 0 aliphatic carbocycles. The van der Waals surface area contributed by atoms with E-state index in [9.17, 15) is 18.3 Å². The number of hydrogen-bond acceptors (Lipinski definition) is 6. The fourth-order valence-corrected chi connectivity index (χ4v) is 4.65. The fraction of sp³-hybridized carbons (Fsp3) is 0.286. The van der Waals surface area contributed by atoms with Crippen molar-refractivity contribution >= 4 is 26.8 Å². The third-order valence-corrected chi connectivity index (χ3v) is 6.36. The molecule has 3 aromatic rings. The average molecular weight is 402 g/mol. The molecule has 7 heteroatoms. The molecule has 1 heterocycles. The molecule has 0 unspecified atom stereocenters. The van der Waals surface area contributed by atoms with Crippen molar-refractivity contribution in [2.24, 2.45) is 0 Å². The summed E-state index contributed by atoms with van der Waals surface area (Å²) in [5.74, 6) is -1.07. The molecule has 28 heavy (non-hydrogen) atoms. The van der Waals surface area contributed by atoms with Gasteiger partial charge in [-0.1, -0.05) is 26.0 Å². The Kier molecular flexibility index (Phi) is 5.21. The molecule has 0 atom stereocenters. The summed E-state index contributed by atoms with van der Waals surface area (Å²) in [5.41, 5.74) is 2.50. The summed E-state index contributed by atoms with van der Waals surface area (Å²) in [4.78, 5) is 11.6. The molecule has 0 aliphatic rings. The van der Waals surface area contributed by atoms with Gasteiger partial charge in [-0.2, -0.15) is 0 Å². The minimum atomic E-state index is -3.79. The standard InChI is InChI=1S/C21H22O6S/c1-12(2)15-6-8-19-17(10-15)13(3)21(27-19)28(24,25)11-14-5-7-16(18(22)9-14)20(23)26-4/h5-10,12,22H,11H2,1-4H3. The summed E-state index contributed by atoms with van der Waals surface area (Å²) in [6.07, 6.45) is 0. The molecular formula is C21H22O6S. The second-order valence-corrected chi connectivity index (χ2v) is 8.92. The van der Waals surface area contributed by atoms with Crippen molar-refractivity contribution in [2.45, 2.75) is 37.5 Å². The Morgan fingerprint density at radius 2 is 1.89 bits per heavy atom. The Morgan fingerprint density at radius 1 is 1.18 bits per heavy atom. The number of furan rings is 1. The lowest BCUT2D eigenvalue weighted by Gasteiger charge is -2.06. The molecule has 0 radical (unpaired) electrons. The van der Waals surface area contributed by atoms with E-state index in [0.717, 1.165) is 10.9 Å². The van der Waals surface area contributed by atoms with Gasteiger partial charge in [0.25, 0.3) is 0 Å².